The van der Waals surface area contributed by atoms with Crippen molar-refractivity contribution in [2.75, 3.05) is 6.61 Å². The number of ether oxygens (including phenoxy) is 1. The van der Waals surface area contributed by atoms with Crippen LogP contribution >= 0.6 is 0 Å². The minimum atomic E-state index is -0.192. The van der Waals surface area contributed by atoms with E-state index >= 15 is 0 Å². The lowest BCUT2D eigenvalue weighted by molar-refractivity contribution is -0.143. The molecule has 0 aliphatic heterocycles. The SMILES string of the molecule is CCOC(=O)CCc1ccc(-c2noc(-c3cc(C#N)c4[nH]c(C5CC5)cc4c3)n2)c(C)c1. The zero-order valence-electron chi connectivity index (χ0n) is 18.6. The normalized spacial score (nSPS) is 13.2. The lowest BCUT2D eigenvalue weighted by atomic mass is 10.0. The number of rotatable bonds is 7. The molecule has 2 heterocycles. The molecule has 0 bridgehead atoms. The number of hydrogen-bond donors (Lipinski definition) is 1. The van der Waals surface area contributed by atoms with Gasteiger partial charge in [0.25, 0.3) is 5.89 Å². The number of hydrogen-bond acceptors (Lipinski definition) is 6. The molecule has 0 spiro atoms. The molecule has 1 aliphatic carbocycles. The predicted octanol–water partition coefficient (Wildman–Crippen LogP) is 5.44. The van der Waals surface area contributed by atoms with E-state index < -0.39 is 0 Å². The Morgan fingerprint density at radius 2 is 2.12 bits per heavy atom. The van der Waals surface area contributed by atoms with Gasteiger partial charge in [0.15, 0.2) is 0 Å². The Kier molecular flexibility index (Phi) is 5.43. The molecule has 7 nitrogen and oxygen atoms in total. The first kappa shape index (κ1) is 21.0. The van der Waals surface area contributed by atoms with E-state index in [0.717, 1.165) is 33.2 Å². The third kappa shape index (κ3) is 4.24. The van der Waals surface area contributed by atoms with Gasteiger partial charge in [0.1, 0.15) is 6.07 Å². The van der Waals surface area contributed by atoms with Crippen molar-refractivity contribution in [3.8, 4) is 28.9 Å². The van der Waals surface area contributed by atoms with E-state index in [0.29, 0.717) is 42.6 Å². The van der Waals surface area contributed by atoms with Crippen LogP contribution in [0.1, 0.15) is 54.5 Å². The fraction of sp³-hybridized carbons (Fsp3) is 0.308. The number of benzene rings is 2. The number of aromatic amines is 1. The van der Waals surface area contributed by atoms with Gasteiger partial charge in [0.05, 0.1) is 17.7 Å². The molecule has 2 aromatic heterocycles. The molecular formula is C26H24N4O3. The van der Waals surface area contributed by atoms with E-state index in [1.807, 2.05) is 31.2 Å². The maximum absolute atomic E-state index is 11.6. The molecule has 5 rings (SSSR count). The molecule has 1 N–H and O–H groups in total. The maximum Gasteiger partial charge on any atom is 0.306 e. The molecule has 0 radical (unpaired) electrons. The highest BCUT2D eigenvalue weighted by Crippen LogP contribution is 2.41. The number of fused-ring (bicyclic) bond motifs is 1. The van der Waals surface area contributed by atoms with Crippen molar-refractivity contribution in [1.82, 2.24) is 15.1 Å². The summed E-state index contributed by atoms with van der Waals surface area (Å²) in [7, 11) is 0. The van der Waals surface area contributed by atoms with Crippen LogP contribution in [0.25, 0.3) is 33.7 Å². The number of nitrogens with one attached hydrogen (secondary N) is 1. The number of carbonyl (C=O) groups is 1. The van der Waals surface area contributed by atoms with Gasteiger partial charge in [-0.2, -0.15) is 10.2 Å². The first-order chi connectivity index (χ1) is 16.1. The Morgan fingerprint density at radius 3 is 2.85 bits per heavy atom. The van der Waals surface area contributed by atoms with Crippen molar-refractivity contribution >= 4 is 16.9 Å². The van der Waals surface area contributed by atoms with Crippen molar-refractivity contribution in [1.29, 1.82) is 5.26 Å². The van der Waals surface area contributed by atoms with E-state index in [1.165, 1.54) is 18.5 Å². The van der Waals surface area contributed by atoms with Crippen LogP contribution in [-0.4, -0.2) is 27.7 Å². The Bertz CT molecular complexity index is 1390. The van der Waals surface area contributed by atoms with Crippen molar-refractivity contribution in [2.45, 2.75) is 45.4 Å². The van der Waals surface area contributed by atoms with E-state index in [1.54, 1.807) is 13.0 Å². The number of aromatic nitrogens is 3. The maximum atomic E-state index is 11.6. The minimum absolute atomic E-state index is 0.192. The highest BCUT2D eigenvalue weighted by molar-refractivity contribution is 5.90. The van der Waals surface area contributed by atoms with Crippen LogP contribution in [0.5, 0.6) is 0 Å². The second-order valence-corrected chi connectivity index (χ2v) is 8.48. The Balaban J connectivity index is 1.40. The number of H-pyrrole nitrogens is 1. The van der Waals surface area contributed by atoms with Crippen LogP contribution in [0.4, 0.5) is 0 Å². The summed E-state index contributed by atoms with van der Waals surface area (Å²) < 4.78 is 10.6. The molecule has 33 heavy (non-hydrogen) atoms. The molecule has 0 amide bonds. The average molecular weight is 441 g/mol. The molecular weight excluding hydrogens is 416 g/mol. The predicted molar refractivity (Wildman–Crippen MR) is 123 cm³/mol. The number of esters is 1. The largest absolute Gasteiger partial charge is 0.466 e. The second-order valence-electron chi connectivity index (χ2n) is 8.48. The van der Waals surface area contributed by atoms with Gasteiger partial charge in [-0.3, -0.25) is 4.79 Å². The molecule has 166 valence electrons. The molecule has 0 atom stereocenters. The standard InChI is InChI=1S/C26H24N4O3/c1-3-32-23(31)9-5-16-4-8-21(15(2)10-16)25-29-26(33-30-25)19-11-18-13-22(17-6-7-17)28-24(18)20(12-19)14-27/h4,8,10-13,17,28H,3,5-7,9H2,1-2H3. The summed E-state index contributed by atoms with van der Waals surface area (Å²) in [6.45, 7) is 4.18. The van der Waals surface area contributed by atoms with Gasteiger partial charge in [0.2, 0.25) is 5.82 Å². The lowest BCUT2D eigenvalue weighted by Gasteiger charge is -2.06. The van der Waals surface area contributed by atoms with E-state index in [4.69, 9.17) is 9.26 Å². The molecule has 1 saturated carbocycles. The van der Waals surface area contributed by atoms with Crippen molar-refractivity contribution in [2.24, 2.45) is 0 Å². The van der Waals surface area contributed by atoms with Gasteiger partial charge in [-0.1, -0.05) is 23.4 Å². The molecule has 7 heteroatoms. The Labute approximate surface area is 191 Å². The summed E-state index contributed by atoms with van der Waals surface area (Å²) in [5.74, 6) is 1.25. The smallest absolute Gasteiger partial charge is 0.306 e. The number of aryl methyl sites for hydroxylation is 2. The minimum Gasteiger partial charge on any atom is -0.466 e. The fourth-order valence-corrected chi connectivity index (χ4v) is 4.15. The molecule has 4 aromatic rings. The van der Waals surface area contributed by atoms with E-state index in [-0.39, 0.29) is 5.97 Å². The molecule has 0 saturated heterocycles. The summed E-state index contributed by atoms with van der Waals surface area (Å²) in [5.41, 5.74) is 6.25. The van der Waals surface area contributed by atoms with Crippen molar-refractivity contribution < 1.29 is 14.1 Å². The quantitative estimate of drug-likeness (QED) is 0.384. The second kappa shape index (κ2) is 8.55. The summed E-state index contributed by atoms with van der Waals surface area (Å²) in [6, 6.07) is 14.1. The highest BCUT2D eigenvalue weighted by Gasteiger charge is 2.26. The van der Waals surface area contributed by atoms with Crippen LogP contribution in [0.2, 0.25) is 0 Å². The van der Waals surface area contributed by atoms with Gasteiger partial charge < -0.3 is 14.2 Å². The highest BCUT2D eigenvalue weighted by atomic mass is 16.5. The summed E-state index contributed by atoms with van der Waals surface area (Å²) in [4.78, 5) is 19.6. The fourth-order valence-electron chi connectivity index (χ4n) is 4.15. The summed E-state index contributed by atoms with van der Waals surface area (Å²) in [5, 5.41) is 14.8. The number of nitrogens with zero attached hydrogens (tertiary/aromatic N) is 3. The van der Waals surface area contributed by atoms with Crippen LogP contribution in [0.3, 0.4) is 0 Å². The Morgan fingerprint density at radius 1 is 1.27 bits per heavy atom. The van der Waals surface area contributed by atoms with Gasteiger partial charge in [0, 0.05) is 28.6 Å². The van der Waals surface area contributed by atoms with Gasteiger partial charge in [-0.15, -0.1) is 0 Å². The third-order valence-electron chi connectivity index (χ3n) is 6.01. The lowest BCUT2D eigenvalue weighted by Crippen LogP contribution is -2.05. The number of nitriles is 1. The van der Waals surface area contributed by atoms with Crippen molar-refractivity contribution in [3.05, 3.63) is 58.8 Å². The van der Waals surface area contributed by atoms with Gasteiger partial charge in [-0.25, -0.2) is 0 Å². The monoisotopic (exact) mass is 440 g/mol. The van der Waals surface area contributed by atoms with E-state index in [9.17, 15) is 10.1 Å². The Hall–Kier alpha value is -3.92. The van der Waals surface area contributed by atoms with Gasteiger partial charge >= 0.3 is 5.97 Å². The van der Waals surface area contributed by atoms with Crippen LogP contribution in [0.15, 0.2) is 40.9 Å². The molecule has 1 aliphatic rings. The van der Waals surface area contributed by atoms with Crippen LogP contribution in [0, 0.1) is 18.3 Å². The third-order valence-corrected chi connectivity index (χ3v) is 6.01. The summed E-state index contributed by atoms with van der Waals surface area (Å²) >= 11 is 0. The van der Waals surface area contributed by atoms with E-state index in [2.05, 4.69) is 27.3 Å². The first-order valence-corrected chi connectivity index (χ1v) is 11.2. The first-order valence-electron chi connectivity index (χ1n) is 11.2. The van der Waals surface area contributed by atoms with Crippen LogP contribution < -0.4 is 0 Å². The van der Waals surface area contributed by atoms with Crippen LogP contribution in [-0.2, 0) is 16.0 Å². The molecule has 0 unspecified atom stereocenters. The molecule has 2 aromatic carbocycles. The zero-order valence-corrected chi connectivity index (χ0v) is 18.6. The topological polar surface area (TPSA) is 105 Å². The average Bonchev–Trinajstić information content (AvgIpc) is 3.38. The van der Waals surface area contributed by atoms with Crippen molar-refractivity contribution in [3.63, 3.8) is 0 Å². The zero-order chi connectivity index (χ0) is 22.9. The van der Waals surface area contributed by atoms with Gasteiger partial charge in [-0.05, 0) is 68.4 Å². The summed E-state index contributed by atoms with van der Waals surface area (Å²) in [6.07, 6.45) is 3.35. The molecule has 1 fully saturated rings. The number of carbonyl (C=O) groups excluding carboxylic acids is 1.